The van der Waals surface area contributed by atoms with Crippen LogP contribution in [-0.2, 0) is 6.54 Å². The predicted octanol–water partition coefficient (Wildman–Crippen LogP) is 4.66. The van der Waals surface area contributed by atoms with Crippen molar-refractivity contribution in [2.45, 2.75) is 45.6 Å². The lowest BCUT2D eigenvalue weighted by molar-refractivity contribution is 0.419. The number of benzene rings is 1. The van der Waals surface area contributed by atoms with Gasteiger partial charge in [0.15, 0.2) is 11.4 Å². The van der Waals surface area contributed by atoms with E-state index in [1.54, 1.807) is 6.33 Å². The number of rotatable bonds is 4. The zero-order chi connectivity index (χ0) is 18.4. The summed E-state index contributed by atoms with van der Waals surface area (Å²) in [6.07, 6.45) is 5.53. The minimum Gasteiger partial charge on any atom is -0.431 e. The average Bonchev–Trinajstić information content (AvgIpc) is 3.02. The van der Waals surface area contributed by atoms with Gasteiger partial charge in [0.2, 0.25) is 5.71 Å². The van der Waals surface area contributed by atoms with Crippen molar-refractivity contribution in [3.8, 4) is 0 Å². The van der Waals surface area contributed by atoms with Crippen molar-refractivity contribution < 1.29 is 4.42 Å². The van der Waals surface area contributed by atoms with E-state index in [9.17, 15) is 0 Å². The number of hydrogen-bond acceptors (Lipinski definition) is 6. The standard InChI is InChI=1S/C21H21N5O/c1-12-13(2)25-26-21-17(12)18-19(27-21)20(24-11-23-18)22-10-14-5-3-8-16(9-14)15-6-4-7-15/h3,5,8-9,11,15H,4,6-7,10H2,1-2H3,(H,22,23,24). The number of aromatic nitrogens is 4. The van der Waals surface area contributed by atoms with Crippen molar-refractivity contribution >= 4 is 28.0 Å². The lowest BCUT2D eigenvalue weighted by Crippen LogP contribution is -2.09. The number of furan rings is 1. The third kappa shape index (κ3) is 2.72. The van der Waals surface area contributed by atoms with Crippen molar-refractivity contribution in [3.63, 3.8) is 0 Å². The second kappa shape index (κ2) is 6.30. The Balaban J connectivity index is 1.48. The van der Waals surface area contributed by atoms with Gasteiger partial charge in [-0.05, 0) is 49.3 Å². The number of anilines is 1. The van der Waals surface area contributed by atoms with Gasteiger partial charge in [-0.3, -0.25) is 0 Å². The van der Waals surface area contributed by atoms with Crippen molar-refractivity contribution in [2.24, 2.45) is 0 Å². The largest absolute Gasteiger partial charge is 0.431 e. The third-order valence-electron chi connectivity index (χ3n) is 5.65. The van der Waals surface area contributed by atoms with Crippen molar-refractivity contribution in [2.75, 3.05) is 5.32 Å². The van der Waals surface area contributed by atoms with Crippen molar-refractivity contribution in [1.82, 2.24) is 20.2 Å². The smallest absolute Gasteiger partial charge is 0.249 e. The van der Waals surface area contributed by atoms with Gasteiger partial charge in [-0.2, -0.15) is 5.10 Å². The highest BCUT2D eigenvalue weighted by Gasteiger charge is 2.20. The molecule has 1 aromatic carbocycles. The molecule has 6 heteroatoms. The molecule has 0 radical (unpaired) electrons. The molecule has 0 unspecified atom stereocenters. The minimum absolute atomic E-state index is 0.503. The van der Waals surface area contributed by atoms with E-state index in [-0.39, 0.29) is 0 Å². The fourth-order valence-corrected chi connectivity index (χ4v) is 3.69. The molecule has 0 saturated heterocycles. The lowest BCUT2D eigenvalue weighted by Gasteiger charge is -2.26. The Hall–Kier alpha value is -3.02. The van der Waals surface area contributed by atoms with E-state index in [1.165, 1.54) is 30.4 Å². The minimum atomic E-state index is 0.503. The second-order valence-electron chi connectivity index (χ2n) is 7.32. The summed E-state index contributed by atoms with van der Waals surface area (Å²) in [5, 5.41) is 12.6. The van der Waals surface area contributed by atoms with E-state index in [4.69, 9.17) is 4.42 Å². The molecule has 136 valence electrons. The zero-order valence-corrected chi connectivity index (χ0v) is 15.5. The van der Waals surface area contributed by atoms with Gasteiger partial charge in [0.1, 0.15) is 11.8 Å². The maximum Gasteiger partial charge on any atom is 0.249 e. The molecular weight excluding hydrogens is 338 g/mol. The molecule has 1 fully saturated rings. The van der Waals surface area contributed by atoms with Gasteiger partial charge in [-0.1, -0.05) is 30.7 Å². The monoisotopic (exact) mass is 359 g/mol. The van der Waals surface area contributed by atoms with Gasteiger partial charge >= 0.3 is 0 Å². The maximum atomic E-state index is 5.94. The molecule has 4 aromatic rings. The highest BCUT2D eigenvalue weighted by atomic mass is 16.3. The molecule has 3 heterocycles. The van der Waals surface area contributed by atoms with Crippen LogP contribution in [0.25, 0.3) is 22.2 Å². The molecule has 0 spiro atoms. The fraction of sp³-hybridized carbons (Fsp3) is 0.333. The van der Waals surface area contributed by atoms with E-state index >= 15 is 0 Å². The first kappa shape index (κ1) is 16.2. The Kier molecular flexibility index (Phi) is 3.77. The summed E-state index contributed by atoms with van der Waals surface area (Å²) >= 11 is 0. The number of hydrogen-bond donors (Lipinski definition) is 1. The van der Waals surface area contributed by atoms with Gasteiger partial charge in [0, 0.05) is 6.54 Å². The Bertz CT molecular complexity index is 1150. The quantitative estimate of drug-likeness (QED) is 0.571. The molecule has 0 amide bonds. The summed E-state index contributed by atoms with van der Waals surface area (Å²) in [7, 11) is 0. The van der Waals surface area contributed by atoms with Crippen LogP contribution < -0.4 is 5.32 Å². The van der Waals surface area contributed by atoms with Crippen molar-refractivity contribution in [3.05, 3.63) is 53.0 Å². The maximum absolute atomic E-state index is 5.94. The Morgan fingerprint density at radius 1 is 1.15 bits per heavy atom. The SMILES string of the molecule is Cc1nnc2oc3c(NCc4cccc(C5CCC5)c4)ncnc3c2c1C. The molecule has 6 nitrogen and oxygen atoms in total. The van der Waals surface area contributed by atoms with Crippen LogP contribution in [0.1, 0.15) is 47.6 Å². The van der Waals surface area contributed by atoms with E-state index in [1.807, 2.05) is 13.8 Å². The summed E-state index contributed by atoms with van der Waals surface area (Å²) < 4.78 is 5.94. The molecule has 27 heavy (non-hydrogen) atoms. The first-order valence-electron chi connectivity index (χ1n) is 9.40. The van der Waals surface area contributed by atoms with Crippen molar-refractivity contribution in [1.29, 1.82) is 0 Å². The summed E-state index contributed by atoms with van der Waals surface area (Å²) in [5.74, 6) is 1.42. The van der Waals surface area contributed by atoms with Crippen LogP contribution in [0.2, 0.25) is 0 Å². The summed E-state index contributed by atoms with van der Waals surface area (Å²) in [4.78, 5) is 8.82. The van der Waals surface area contributed by atoms with Crippen LogP contribution in [-0.4, -0.2) is 20.2 Å². The second-order valence-corrected chi connectivity index (χ2v) is 7.32. The Labute approximate surface area is 157 Å². The van der Waals surface area contributed by atoms with Crippen LogP contribution in [0.5, 0.6) is 0 Å². The van der Waals surface area contributed by atoms with Gasteiger partial charge in [-0.15, -0.1) is 5.10 Å². The highest BCUT2D eigenvalue weighted by molar-refractivity contribution is 6.05. The first-order valence-corrected chi connectivity index (χ1v) is 9.40. The van der Waals surface area contributed by atoms with E-state index in [2.05, 4.69) is 49.7 Å². The van der Waals surface area contributed by atoms with Gasteiger partial charge < -0.3 is 9.73 Å². The van der Waals surface area contributed by atoms with Gasteiger partial charge in [0.05, 0.1) is 11.1 Å². The van der Waals surface area contributed by atoms with Crippen LogP contribution in [0, 0.1) is 13.8 Å². The first-order chi connectivity index (χ1) is 13.2. The molecule has 0 aliphatic heterocycles. The molecule has 1 aliphatic carbocycles. The molecule has 1 aliphatic rings. The summed E-state index contributed by atoms with van der Waals surface area (Å²) in [5.41, 5.74) is 6.52. The summed E-state index contributed by atoms with van der Waals surface area (Å²) in [6, 6.07) is 8.82. The van der Waals surface area contributed by atoms with E-state index in [0.29, 0.717) is 23.7 Å². The lowest BCUT2D eigenvalue weighted by atomic mass is 9.80. The van der Waals surface area contributed by atoms with Crippen LogP contribution >= 0.6 is 0 Å². The Morgan fingerprint density at radius 3 is 2.85 bits per heavy atom. The molecule has 1 saturated carbocycles. The predicted molar refractivity (Wildman–Crippen MR) is 105 cm³/mol. The number of nitrogens with zero attached hydrogens (tertiary/aromatic N) is 4. The Morgan fingerprint density at radius 2 is 2.04 bits per heavy atom. The van der Waals surface area contributed by atoms with Crippen LogP contribution in [0.15, 0.2) is 35.0 Å². The van der Waals surface area contributed by atoms with Crippen LogP contribution in [0.3, 0.4) is 0 Å². The molecule has 0 atom stereocenters. The van der Waals surface area contributed by atoms with E-state index < -0.39 is 0 Å². The molecule has 5 rings (SSSR count). The highest BCUT2D eigenvalue weighted by Crippen LogP contribution is 2.36. The summed E-state index contributed by atoms with van der Waals surface area (Å²) in [6.45, 7) is 4.64. The zero-order valence-electron chi connectivity index (χ0n) is 15.5. The number of fused-ring (bicyclic) bond motifs is 3. The molecule has 0 bridgehead atoms. The third-order valence-corrected chi connectivity index (χ3v) is 5.65. The van der Waals surface area contributed by atoms with Gasteiger partial charge in [-0.25, -0.2) is 9.97 Å². The topological polar surface area (TPSA) is 76.7 Å². The number of aryl methyl sites for hydroxylation is 2. The van der Waals surface area contributed by atoms with Gasteiger partial charge in [0.25, 0.3) is 0 Å². The number of nitrogens with one attached hydrogen (secondary N) is 1. The molecular formula is C21H21N5O. The normalized spacial score (nSPS) is 14.6. The molecule has 1 N–H and O–H groups in total. The fourth-order valence-electron chi connectivity index (χ4n) is 3.69. The average molecular weight is 359 g/mol. The molecule has 3 aromatic heterocycles. The van der Waals surface area contributed by atoms with E-state index in [0.717, 1.165) is 28.1 Å². The van der Waals surface area contributed by atoms with Crippen LogP contribution in [0.4, 0.5) is 5.82 Å².